The van der Waals surface area contributed by atoms with Crippen molar-refractivity contribution < 1.29 is 9.53 Å². The number of nitrogens with one attached hydrogen (secondary N) is 1. The molecule has 1 aromatic rings. The van der Waals surface area contributed by atoms with E-state index in [1.807, 2.05) is 32.2 Å². The molecule has 1 aromatic heterocycles. The quantitative estimate of drug-likeness (QED) is 0.450. The topological polar surface area (TPSA) is 51.2 Å². The zero-order chi connectivity index (χ0) is 13.2. The highest BCUT2D eigenvalue weighted by Gasteiger charge is 2.07. The van der Waals surface area contributed by atoms with Crippen molar-refractivity contribution in [3.8, 4) is 0 Å². The van der Waals surface area contributed by atoms with Crippen LogP contribution < -0.4 is 5.32 Å². The number of aromatic nitrogens is 1. The summed E-state index contributed by atoms with van der Waals surface area (Å²) in [5.74, 6) is 0.612. The summed E-state index contributed by atoms with van der Waals surface area (Å²) in [4.78, 5) is 15.5. The van der Waals surface area contributed by atoms with Crippen LogP contribution in [0.1, 0.15) is 13.3 Å². The highest BCUT2D eigenvalue weighted by atomic mass is 33.1. The maximum Gasteiger partial charge on any atom is 0.307 e. The second-order valence-corrected chi connectivity index (χ2v) is 6.12. The van der Waals surface area contributed by atoms with Crippen molar-refractivity contribution in [2.24, 2.45) is 0 Å². The molecule has 6 heteroatoms. The second-order valence-electron chi connectivity index (χ2n) is 3.69. The van der Waals surface area contributed by atoms with Crippen molar-refractivity contribution in [1.29, 1.82) is 0 Å². The van der Waals surface area contributed by atoms with E-state index in [2.05, 4.69) is 10.3 Å². The first kappa shape index (κ1) is 15.3. The molecule has 0 bridgehead atoms. The Morgan fingerprint density at radius 1 is 1.56 bits per heavy atom. The van der Waals surface area contributed by atoms with Gasteiger partial charge in [0.25, 0.3) is 0 Å². The number of carbonyl (C=O) groups is 1. The number of rotatable bonds is 8. The van der Waals surface area contributed by atoms with E-state index >= 15 is 0 Å². The van der Waals surface area contributed by atoms with Gasteiger partial charge in [0, 0.05) is 18.0 Å². The lowest BCUT2D eigenvalue weighted by Gasteiger charge is -2.09. The molecule has 0 radical (unpaired) electrons. The van der Waals surface area contributed by atoms with Gasteiger partial charge in [-0.25, -0.2) is 4.98 Å². The first-order valence-corrected chi connectivity index (χ1v) is 8.07. The van der Waals surface area contributed by atoms with Crippen LogP contribution in [-0.2, 0) is 9.53 Å². The highest BCUT2D eigenvalue weighted by molar-refractivity contribution is 8.76. The Balaban J connectivity index is 2.03. The van der Waals surface area contributed by atoms with E-state index in [1.165, 1.54) is 0 Å². The summed E-state index contributed by atoms with van der Waals surface area (Å²) >= 11 is 0. The fraction of sp³-hybridized carbons (Fsp3) is 0.500. The molecule has 100 valence electrons. The fourth-order valence-corrected chi connectivity index (χ4v) is 2.80. The second kappa shape index (κ2) is 9.24. The van der Waals surface area contributed by atoms with Crippen LogP contribution in [0.25, 0.3) is 0 Å². The number of nitrogens with zero attached hydrogens (tertiary/aromatic N) is 1. The standard InChI is InChI=1S/C12H18N2O2S2/c1-10(13-2)9-12(15)16-7-8-17-18-11-5-3-4-6-14-11/h3-6,10,13H,7-9H2,1-2H3. The van der Waals surface area contributed by atoms with Crippen molar-refractivity contribution >= 4 is 27.6 Å². The number of hydrogen-bond acceptors (Lipinski definition) is 6. The lowest BCUT2D eigenvalue weighted by molar-refractivity contribution is -0.143. The van der Waals surface area contributed by atoms with Crippen LogP contribution in [0.2, 0.25) is 0 Å². The van der Waals surface area contributed by atoms with Crippen LogP contribution in [0, 0.1) is 0 Å². The zero-order valence-corrected chi connectivity index (χ0v) is 12.2. The van der Waals surface area contributed by atoms with Crippen LogP contribution in [0.4, 0.5) is 0 Å². The molecule has 18 heavy (non-hydrogen) atoms. The molecule has 0 saturated carbocycles. The molecule has 0 aliphatic heterocycles. The monoisotopic (exact) mass is 286 g/mol. The molecule has 0 amide bonds. The Kier molecular flexibility index (Phi) is 7.88. The fourth-order valence-electron chi connectivity index (χ4n) is 1.10. The number of carbonyl (C=O) groups excluding carboxylic acids is 1. The summed E-state index contributed by atoms with van der Waals surface area (Å²) < 4.78 is 5.12. The minimum atomic E-state index is -0.153. The van der Waals surface area contributed by atoms with E-state index in [9.17, 15) is 4.79 Å². The van der Waals surface area contributed by atoms with Gasteiger partial charge in [0.2, 0.25) is 0 Å². The third-order valence-corrected chi connectivity index (χ3v) is 4.41. The molecule has 1 N–H and O–H groups in total. The molecule has 4 nitrogen and oxygen atoms in total. The number of hydrogen-bond donors (Lipinski definition) is 1. The minimum Gasteiger partial charge on any atom is -0.465 e. The molecule has 1 atom stereocenters. The average molecular weight is 286 g/mol. The number of esters is 1. The van der Waals surface area contributed by atoms with Gasteiger partial charge < -0.3 is 10.1 Å². The van der Waals surface area contributed by atoms with Gasteiger partial charge in [-0.2, -0.15) is 0 Å². The molecule has 1 rings (SSSR count). The van der Waals surface area contributed by atoms with Gasteiger partial charge in [-0.1, -0.05) is 16.9 Å². The SMILES string of the molecule is CNC(C)CC(=O)OCCSSc1ccccn1. The molecule has 0 aliphatic rings. The maximum absolute atomic E-state index is 11.4. The van der Waals surface area contributed by atoms with E-state index in [0.717, 1.165) is 10.8 Å². The van der Waals surface area contributed by atoms with Gasteiger partial charge in [-0.3, -0.25) is 4.79 Å². The normalized spacial score (nSPS) is 12.1. The molecule has 0 aromatic carbocycles. The van der Waals surface area contributed by atoms with Crippen LogP contribution in [0.3, 0.4) is 0 Å². The van der Waals surface area contributed by atoms with Crippen molar-refractivity contribution in [3.05, 3.63) is 24.4 Å². The summed E-state index contributed by atoms with van der Waals surface area (Å²) in [6.45, 7) is 2.40. The lowest BCUT2D eigenvalue weighted by Crippen LogP contribution is -2.25. The molecular formula is C12H18N2O2S2. The van der Waals surface area contributed by atoms with Crippen LogP contribution in [0.15, 0.2) is 29.4 Å². The summed E-state index contributed by atoms with van der Waals surface area (Å²) in [7, 11) is 5.06. The predicted molar refractivity (Wildman–Crippen MR) is 76.6 cm³/mol. The first-order chi connectivity index (χ1) is 8.72. The Bertz CT molecular complexity index is 349. The summed E-state index contributed by atoms with van der Waals surface area (Å²) in [5, 5.41) is 3.97. The van der Waals surface area contributed by atoms with E-state index in [1.54, 1.807) is 27.8 Å². The van der Waals surface area contributed by atoms with E-state index < -0.39 is 0 Å². The van der Waals surface area contributed by atoms with Crippen LogP contribution in [0.5, 0.6) is 0 Å². The first-order valence-electron chi connectivity index (χ1n) is 5.75. The van der Waals surface area contributed by atoms with Crippen LogP contribution >= 0.6 is 21.6 Å². The molecule has 1 heterocycles. The van der Waals surface area contributed by atoms with Crippen LogP contribution in [-0.4, -0.2) is 36.4 Å². The highest BCUT2D eigenvalue weighted by Crippen LogP contribution is 2.28. The zero-order valence-electron chi connectivity index (χ0n) is 10.6. The van der Waals surface area contributed by atoms with Gasteiger partial charge in [0.1, 0.15) is 11.6 Å². The summed E-state index contributed by atoms with van der Waals surface area (Å²) in [5.41, 5.74) is 0. The van der Waals surface area contributed by atoms with Crippen molar-refractivity contribution in [2.75, 3.05) is 19.4 Å². The molecule has 0 spiro atoms. The van der Waals surface area contributed by atoms with Crippen molar-refractivity contribution in [2.45, 2.75) is 24.4 Å². The molecule has 0 aliphatic carbocycles. The van der Waals surface area contributed by atoms with E-state index in [4.69, 9.17) is 4.74 Å². The molecule has 0 fully saturated rings. The smallest absolute Gasteiger partial charge is 0.307 e. The predicted octanol–water partition coefficient (Wildman–Crippen LogP) is 2.36. The molecular weight excluding hydrogens is 268 g/mol. The van der Waals surface area contributed by atoms with Gasteiger partial charge >= 0.3 is 5.97 Å². The molecule has 0 saturated heterocycles. The minimum absolute atomic E-state index is 0.153. The number of ether oxygens (including phenoxy) is 1. The van der Waals surface area contributed by atoms with Crippen molar-refractivity contribution in [3.63, 3.8) is 0 Å². The summed E-state index contributed by atoms with van der Waals surface area (Å²) in [6.07, 6.45) is 2.18. The Morgan fingerprint density at radius 2 is 2.39 bits per heavy atom. The number of pyridine rings is 1. The average Bonchev–Trinajstić information content (AvgIpc) is 2.39. The van der Waals surface area contributed by atoms with Gasteiger partial charge in [-0.15, -0.1) is 0 Å². The van der Waals surface area contributed by atoms with Crippen molar-refractivity contribution in [1.82, 2.24) is 10.3 Å². The summed E-state index contributed by atoms with van der Waals surface area (Å²) in [6, 6.07) is 5.96. The van der Waals surface area contributed by atoms with Gasteiger partial charge in [-0.05, 0) is 36.9 Å². The lowest BCUT2D eigenvalue weighted by atomic mass is 10.2. The Labute approximate surface area is 116 Å². The van der Waals surface area contributed by atoms with E-state index in [-0.39, 0.29) is 12.0 Å². The third-order valence-electron chi connectivity index (χ3n) is 2.18. The maximum atomic E-state index is 11.4. The third kappa shape index (κ3) is 6.88. The Morgan fingerprint density at radius 3 is 3.06 bits per heavy atom. The van der Waals surface area contributed by atoms with Gasteiger partial charge in [0.05, 0.1) is 6.42 Å². The molecule has 1 unspecified atom stereocenters. The van der Waals surface area contributed by atoms with E-state index in [0.29, 0.717) is 13.0 Å². The Hall–Kier alpha value is -0.720. The van der Waals surface area contributed by atoms with Gasteiger partial charge in [0.15, 0.2) is 0 Å². The largest absolute Gasteiger partial charge is 0.465 e.